The predicted molar refractivity (Wildman–Crippen MR) is 70.9 cm³/mol. The van der Waals surface area contributed by atoms with E-state index in [9.17, 15) is 10.0 Å². The summed E-state index contributed by atoms with van der Waals surface area (Å²) in [6.45, 7) is 0. The molecule has 1 heterocycles. The van der Waals surface area contributed by atoms with Gasteiger partial charge < -0.3 is 10.5 Å². The normalized spacial score (nSPS) is 12.1. The first-order valence-electron chi connectivity index (χ1n) is 5.53. The van der Waals surface area contributed by atoms with Gasteiger partial charge in [0.1, 0.15) is 11.5 Å². The smallest absolute Gasteiger partial charge is 0.343 e. The quantitative estimate of drug-likeness (QED) is 0.527. The Balaban J connectivity index is 2.08. The number of amides is 2. The van der Waals surface area contributed by atoms with Gasteiger partial charge in [0.05, 0.1) is 15.5 Å². The van der Waals surface area contributed by atoms with Crippen molar-refractivity contribution in [2.24, 2.45) is 5.73 Å². The van der Waals surface area contributed by atoms with Crippen LogP contribution in [0.2, 0.25) is 0 Å². The van der Waals surface area contributed by atoms with Crippen LogP contribution in [-0.2, 0) is 0 Å². The summed E-state index contributed by atoms with van der Waals surface area (Å²) in [6, 6.07) is 11.7. The van der Waals surface area contributed by atoms with E-state index in [-0.39, 0.29) is 0 Å². The highest BCUT2D eigenvalue weighted by atomic mass is 32.2. The van der Waals surface area contributed by atoms with Gasteiger partial charge in [-0.05, 0) is 24.3 Å². The molecule has 96 valence electrons. The highest BCUT2D eigenvalue weighted by molar-refractivity contribution is 7.99. The Morgan fingerprint density at radius 1 is 1.16 bits per heavy atom. The van der Waals surface area contributed by atoms with Crippen LogP contribution in [0.25, 0.3) is 0 Å². The Morgan fingerprint density at radius 2 is 1.89 bits per heavy atom. The molecule has 1 aliphatic rings. The zero-order valence-corrected chi connectivity index (χ0v) is 10.6. The molecule has 0 spiro atoms. The van der Waals surface area contributed by atoms with Gasteiger partial charge in [-0.25, -0.2) is 4.79 Å². The molecule has 5 nitrogen and oxygen atoms in total. The Bertz CT molecular complexity index is 660. The molecule has 0 bridgehead atoms. The van der Waals surface area contributed by atoms with Crippen LogP contribution < -0.4 is 15.5 Å². The molecule has 3 rings (SSSR count). The Kier molecular flexibility index (Phi) is 2.81. The van der Waals surface area contributed by atoms with Crippen molar-refractivity contribution in [2.45, 2.75) is 9.79 Å². The largest absolute Gasteiger partial charge is 0.455 e. The van der Waals surface area contributed by atoms with E-state index in [1.54, 1.807) is 18.2 Å². The number of ether oxygens (including phenoxy) is 1. The van der Waals surface area contributed by atoms with E-state index in [0.717, 1.165) is 10.6 Å². The van der Waals surface area contributed by atoms with Crippen LogP contribution in [-0.4, -0.2) is 11.2 Å². The van der Waals surface area contributed by atoms with E-state index in [1.165, 1.54) is 11.8 Å². The van der Waals surface area contributed by atoms with Gasteiger partial charge in [0.2, 0.25) is 0 Å². The number of urea groups is 1. The van der Waals surface area contributed by atoms with Crippen molar-refractivity contribution in [3.05, 3.63) is 42.5 Å². The number of nitrogens with two attached hydrogens (primary N) is 1. The topological polar surface area (TPSA) is 75.8 Å². The van der Waals surface area contributed by atoms with E-state index in [4.69, 9.17) is 10.5 Å². The van der Waals surface area contributed by atoms with E-state index in [1.807, 2.05) is 24.3 Å². The molecule has 0 saturated heterocycles. The fraction of sp³-hybridized carbons (Fsp3) is 0. The molecule has 0 radical (unpaired) electrons. The second kappa shape index (κ2) is 4.49. The molecular formula is C13H10N2O3S. The molecule has 0 aromatic heterocycles. The van der Waals surface area contributed by atoms with E-state index in [2.05, 4.69) is 0 Å². The van der Waals surface area contributed by atoms with Crippen LogP contribution >= 0.6 is 11.8 Å². The molecule has 3 N–H and O–H groups in total. The standard InChI is InChI=1S/C13H10N2O3S/c14-13(16)15(17)8-4-3-6-10-12(8)19-11-7-2-1-5-9(11)18-10/h1-7,17H,(H2,14,16). The zero-order valence-electron chi connectivity index (χ0n) is 9.74. The molecule has 2 aromatic carbocycles. The van der Waals surface area contributed by atoms with E-state index >= 15 is 0 Å². The van der Waals surface area contributed by atoms with E-state index < -0.39 is 6.03 Å². The van der Waals surface area contributed by atoms with Crippen molar-refractivity contribution < 1.29 is 14.7 Å². The molecule has 1 aliphatic heterocycles. The number of fused-ring (bicyclic) bond motifs is 2. The molecule has 2 aromatic rings. The number of carbonyl (C=O) groups excluding carboxylic acids is 1. The lowest BCUT2D eigenvalue weighted by molar-refractivity contribution is 0.211. The maximum atomic E-state index is 11.1. The third-order valence-corrected chi connectivity index (χ3v) is 3.85. The monoisotopic (exact) mass is 274 g/mol. The molecule has 0 aliphatic carbocycles. The molecule has 0 saturated carbocycles. The summed E-state index contributed by atoms with van der Waals surface area (Å²) in [5, 5.41) is 10.1. The van der Waals surface area contributed by atoms with Gasteiger partial charge in [-0.3, -0.25) is 5.21 Å². The molecular weight excluding hydrogens is 264 g/mol. The van der Waals surface area contributed by atoms with Gasteiger partial charge in [0, 0.05) is 0 Å². The van der Waals surface area contributed by atoms with Gasteiger partial charge in [-0.1, -0.05) is 30.0 Å². The number of para-hydroxylation sites is 1. The Hall–Kier alpha value is -2.18. The highest BCUT2D eigenvalue weighted by Crippen LogP contribution is 2.50. The summed E-state index contributed by atoms with van der Waals surface area (Å²) >= 11 is 1.42. The Labute approximate surface area is 113 Å². The van der Waals surface area contributed by atoms with Crippen molar-refractivity contribution in [1.29, 1.82) is 0 Å². The lowest BCUT2D eigenvalue weighted by Gasteiger charge is -2.23. The van der Waals surface area contributed by atoms with Crippen molar-refractivity contribution in [1.82, 2.24) is 0 Å². The second-order valence-electron chi connectivity index (χ2n) is 3.91. The summed E-state index contributed by atoms with van der Waals surface area (Å²) in [6.07, 6.45) is 0. The number of primary amides is 1. The molecule has 19 heavy (non-hydrogen) atoms. The fourth-order valence-electron chi connectivity index (χ4n) is 1.82. The lowest BCUT2D eigenvalue weighted by atomic mass is 10.2. The van der Waals surface area contributed by atoms with Crippen molar-refractivity contribution in [3.63, 3.8) is 0 Å². The van der Waals surface area contributed by atoms with Gasteiger partial charge in [0.15, 0.2) is 0 Å². The maximum absolute atomic E-state index is 11.1. The maximum Gasteiger partial charge on any atom is 0.343 e. The average Bonchev–Trinajstić information content (AvgIpc) is 2.43. The van der Waals surface area contributed by atoms with Crippen molar-refractivity contribution >= 4 is 23.5 Å². The minimum absolute atomic E-state index is 0.310. The predicted octanol–water partition coefficient (Wildman–Crippen LogP) is 3.22. The SMILES string of the molecule is NC(=O)N(O)c1cccc2c1Sc1ccccc1O2. The average molecular weight is 274 g/mol. The van der Waals surface area contributed by atoms with Gasteiger partial charge in [0.25, 0.3) is 0 Å². The van der Waals surface area contributed by atoms with E-state index in [0.29, 0.717) is 21.4 Å². The van der Waals surface area contributed by atoms with Crippen LogP contribution in [0, 0.1) is 0 Å². The third kappa shape index (κ3) is 2.00. The van der Waals surface area contributed by atoms with Crippen LogP contribution in [0.5, 0.6) is 11.5 Å². The first kappa shape index (κ1) is 11.9. The number of hydrogen-bond acceptors (Lipinski definition) is 4. The number of hydrogen-bond donors (Lipinski definition) is 2. The molecule has 0 atom stereocenters. The van der Waals surface area contributed by atoms with Crippen LogP contribution in [0.4, 0.5) is 10.5 Å². The Morgan fingerprint density at radius 3 is 2.68 bits per heavy atom. The van der Waals surface area contributed by atoms with Crippen LogP contribution in [0.3, 0.4) is 0 Å². The number of carbonyl (C=O) groups is 1. The van der Waals surface area contributed by atoms with Crippen LogP contribution in [0.1, 0.15) is 0 Å². The molecule has 2 amide bonds. The minimum Gasteiger partial charge on any atom is -0.455 e. The summed E-state index contributed by atoms with van der Waals surface area (Å²) in [5.74, 6) is 1.34. The number of anilines is 1. The molecule has 6 heteroatoms. The summed E-state index contributed by atoms with van der Waals surface area (Å²) in [7, 11) is 0. The van der Waals surface area contributed by atoms with Gasteiger partial charge >= 0.3 is 6.03 Å². The van der Waals surface area contributed by atoms with Crippen LogP contribution in [0.15, 0.2) is 52.3 Å². The molecule has 0 fully saturated rings. The zero-order chi connectivity index (χ0) is 13.4. The number of benzene rings is 2. The summed E-state index contributed by atoms with van der Waals surface area (Å²) in [4.78, 5) is 12.7. The molecule has 0 unspecified atom stereocenters. The van der Waals surface area contributed by atoms with Gasteiger partial charge in [-0.2, -0.15) is 5.06 Å². The first-order chi connectivity index (χ1) is 9.16. The fourth-order valence-corrected chi connectivity index (χ4v) is 2.87. The van der Waals surface area contributed by atoms with Crippen molar-refractivity contribution in [2.75, 3.05) is 5.06 Å². The van der Waals surface area contributed by atoms with Gasteiger partial charge in [-0.15, -0.1) is 0 Å². The number of nitrogens with zero attached hydrogens (tertiary/aromatic N) is 1. The lowest BCUT2D eigenvalue weighted by Crippen LogP contribution is -2.32. The van der Waals surface area contributed by atoms with Crippen molar-refractivity contribution in [3.8, 4) is 11.5 Å². The number of rotatable bonds is 1. The highest BCUT2D eigenvalue weighted by Gasteiger charge is 2.23. The number of hydroxylamine groups is 1. The minimum atomic E-state index is -0.937. The third-order valence-electron chi connectivity index (χ3n) is 2.68. The summed E-state index contributed by atoms with van der Waals surface area (Å²) in [5.41, 5.74) is 5.39. The summed E-state index contributed by atoms with van der Waals surface area (Å²) < 4.78 is 5.74. The first-order valence-corrected chi connectivity index (χ1v) is 6.34. The second-order valence-corrected chi connectivity index (χ2v) is 4.96.